The summed E-state index contributed by atoms with van der Waals surface area (Å²) in [6, 6.07) is 23.5. The molecule has 0 radical (unpaired) electrons. The second-order valence-corrected chi connectivity index (χ2v) is 8.65. The van der Waals surface area contributed by atoms with E-state index in [1.54, 1.807) is 18.9 Å². The molecule has 1 aliphatic rings. The third-order valence-electron chi connectivity index (χ3n) is 4.44. The Morgan fingerprint density at radius 3 is 2.46 bits per heavy atom. The van der Waals surface area contributed by atoms with Gasteiger partial charge in [0, 0.05) is 14.7 Å². The fraction of sp³-hybridized carbons (Fsp3) is 0.136. The molecule has 1 aliphatic heterocycles. The first-order valence-corrected chi connectivity index (χ1v) is 10.5. The van der Waals surface area contributed by atoms with Crippen molar-refractivity contribution in [2.75, 3.05) is 12.4 Å². The minimum absolute atomic E-state index is 0.393. The highest BCUT2D eigenvalue weighted by molar-refractivity contribution is 8.00. The van der Waals surface area contributed by atoms with Gasteiger partial charge in [-0.3, -0.25) is 4.79 Å². The summed E-state index contributed by atoms with van der Waals surface area (Å²) in [7, 11) is 1.61. The van der Waals surface area contributed by atoms with E-state index in [1.807, 2.05) is 54.6 Å². The molecular formula is C22H19NO3S2. The summed E-state index contributed by atoms with van der Waals surface area (Å²) in [5.41, 5.74) is 1.60. The van der Waals surface area contributed by atoms with Crippen LogP contribution in [0, 0.1) is 0 Å². The molecule has 0 spiro atoms. The molecule has 1 amide bonds. The first kappa shape index (κ1) is 18.9. The van der Waals surface area contributed by atoms with Gasteiger partial charge < -0.3 is 15.2 Å². The van der Waals surface area contributed by atoms with Crippen LogP contribution in [0.25, 0.3) is 0 Å². The number of hydrogen-bond acceptors (Lipinski definition) is 5. The molecule has 1 heterocycles. The molecule has 0 saturated carbocycles. The number of amides is 1. The lowest BCUT2D eigenvalue weighted by Crippen LogP contribution is -2.30. The molecule has 3 aromatic carbocycles. The van der Waals surface area contributed by atoms with Crippen LogP contribution in [-0.2, 0) is 4.79 Å². The Balaban J connectivity index is 1.65. The zero-order chi connectivity index (χ0) is 19.5. The summed E-state index contributed by atoms with van der Waals surface area (Å²) in [6.45, 7) is 0. The van der Waals surface area contributed by atoms with E-state index in [-0.39, 0.29) is 0 Å². The van der Waals surface area contributed by atoms with Gasteiger partial charge in [-0.25, -0.2) is 0 Å². The largest absolute Gasteiger partial charge is 0.497 e. The van der Waals surface area contributed by atoms with Crippen molar-refractivity contribution >= 4 is 35.1 Å². The van der Waals surface area contributed by atoms with Crippen LogP contribution in [-0.4, -0.2) is 24.2 Å². The highest BCUT2D eigenvalue weighted by Crippen LogP contribution is 2.45. The molecule has 0 bridgehead atoms. The van der Waals surface area contributed by atoms with Gasteiger partial charge in [0.1, 0.15) is 11.9 Å². The fourth-order valence-electron chi connectivity index (χ4n) is 2.98. The maximum absolute atomic E-state index is 12.5. The average molecular weight is 410 g/mol. The van der Waals surface area contributed by atoms with Gasteiger partial charge in [-0.15, -0.1) is 11.8 Å². The molecule has 0 fully saturated rings. The fourth-order valence-corrected chi connectivity index (χ4v) is 5.19. The number of anilines is 1. The third kappa shape index (κ3) is 4.04. The number of hydrogen-bond donors (Lipinski definition) is 2. The Kier molecular flexibility index (Phi) is 5.62. The van der Waals surface area contributed by atoms with E-state index >= 15 is 0 Å². The van der Waals surface area contributed by atoms with Crippen LogP contribution in [0.5, 0.6) is 5.75 Å². The van der Waals surface area contributed by atoms with Crippen LogP contribution in [0.4, 0.5) is 5.69 Å². The van der Waals surface area contributed by atoms with Crippen molar-refractivity contribution in [2.45, 2.75) is 26.0 Å². The zero-order valence-corrected chi connectivity index (χ0v) is 16.8. The number of benzene rings is 3. The standard InChI is InChI=1S/C22H19NO3S2/c1-26-15-9-7-14(8-10-15)21-20(24)22(25)23-18-12-11-17(13-19(18)28-21)27-16-5-3-2-4-6-16/h2-13,20-21,24H,1H3,(H,23,25)/t20-,21+/m0/s1. The first-order valence-electron chi connectivity index (χ1n) is 8.80. The molecule has 4 rings (SSSR count). The van der Waals surface area contributed by atoms with Crippen LogP contribution in [0.15, 0.2) is 87.5 Å². The Labute approximate surface area is 172 Å². The molecule has 4 nitrogen and oxygen atoms in total. The number of ether oxygens (including phenoxy) is 1. The minimum atomic E-state index is -1.14. The molecule has 0 saturated heterocycles. The smallest absolute Gasteiger partial charge is 0.254 e. The summed E-state index contributed by atoms with van der Waals surface area (Å²) in [6.07, 6.45) is -1.14. The van der Waals surface area contributed by atoms with E-state index in [0.717, 1.165) is 31.7 Å². The Hall–Kier alpha value is -2.41. The van der Waals surface area contributed by atoms with Crippen molar-refractivity contribution in [1.29, 1.82) is 0 Å². The van der Waals surface area contributed by atoms with Gasteiger partial charge in [0.2, 0.25) is 0 Å². The maximum Gasteiger partial charge on any atom is 0.254 e. The van der Waals surface area contributed by atoms with Gasteiger partial charge in [-0.05, 0) is 48.0 Å². The molecule has 6 heteroatoms. The number of aliphatic hydroxyl groups excluding tert-OH is 1. The maximum atomic E-state index is 12.5. The summed E-state index contributed by atoms with van der Waals surface area (Å²) in [5, 5.41) is 13.0. The van der Waals surface area contributed by atoms with E-state index in [9.17, 15) is 9.90 Å². The second-order valence-electron chi connectivity index (χ2n) is 6.32. The summed E-state index contributed by atoms with van der Waals surface area (Å²) in [4.78, 5) is 15.6. The van der Waals surface area contributed by atoms with Gasteiger partial charge in [-0.2, -0.15) is 0 Å². The van der Waals surface area contributed by atoms with Crippen LogP contribution < -0.4 is 10.1 Å². The molecule has 0 aromatic heterocycles. The van der Waals surface area contributed by atoms with Gasteiger partial charge >= 0.3 is 0 Å². The molecule has 28 heavy (non-hydrogen) atoms. The summed E-state index contributed by atoms with van der Waals surface area (Å²) < 4.78 is 5.21. The SMILES string of the molecule is COc1ccc([C@H]2Sc3cc(Sc4ccccc4)ccc3NC(=O)[C@H]2O)cc1. The molecule has 3 aromatic rings. The van der Waals surface area contributed by atoms with Gasteiger partial charge in [0.25, 0.3) is 5.91 Å². The van der Waals surface area contributed by atoms with Crippen molar-refractivity contribution in [3.63, 3.8) is 0 Å². The average Bonchev–Trinajstić information content (AvgIpc) is 2.85. The first-order chi connectivity index (χ1) is 13.6. The number of aliphatic hydroxyl groups is 1. The van der Waals surface area contributed by atoms with Gasteiger partial charge in [0.05, 0.1) is 18.0 Å². The van der Waals surface area contributed by atoms with Crippen LogP contribution >= 0.6 is 23.5 Å². The number of fused-ring (bicyclic) bond motifs is 1. The number of carbonyl (C=O) groups is 1. The lowest BCUT2D eigenvalue weighted by atomic mass is 10.1. The Morgan fingerprint density at radius 2 is 1.75 bits per heavy atom. The van der Waals surface area contributed by atoms with E-state index in [0.29, 0.717) is 0 Å². The monoisotopic (exact) mass is 409 g/mol. The Bertz CT molecular complexity index is 977. The molecule has 0 unspecified atom stereocenters. The topological polar surface area (TPSA) is 58.6 Å². The summed E-state index contributed by atoms with van der Waals surface area (Å²) >= 11 is 3.16. The number of carbonyl (C=O) groups excluding carboxylic acids is 1. The van der Waals surface area contributed by atoms with Crippen molar-refractivity contribution in [2.24, 2.45) is 0 Å². The van der Waals surface area contributed by atoms with Crippen molar-refractivity contribution in [1.82, 2.24) is 0 Å². The number of rotatable bonds is 4. The van der Waals surface area contributed by atoms with Crippen molar-refractivity contribution in [3.05, 3.63) is 78.4 Å². The van der Waals surface area contributed by atoms with Crippen LogP contribution in [0.1, 0.15) is 10.8 Å². The van der Waals surface area contributed by atoms with Crippen LogP contribution in [0.3, 0.4) is 0 Å². The highest BCUT2D eigenvalue weighted by Gasteiger charge is 2.33. The van der Waals surface area contributed by atoms with E-state index in [1.165, 1.54) is 11.8 Å². The summed E-state index contributed by atoms with van der Waals surface area (Å²) in [5.74, 6) is 0.346. The third-order valence-corrected chi connectivity index (χ3v) is 6.82. The van der Waals surface area contributed by atoms with Crippen molar-refractivity contribution in [3.8, 4) is 5.75 Å². The van der Waals surface area contributed by atoms with E-state index in [4.69, 9.17) is 4.74 Å². The molecular weight excluding hydrogens is 390 g/mol. The predicted octanol–water partition coefficient (Wildman–Crippen LogP) is 4.99. The van der Waals surface area contributed by atoms with Crippen LogP contribution in [0.2, 0.25) is 0 Å². The molecule has 142 valence electrons. The van der Waals surface area contributed by atoms with E-state index in [2.05, 4.69) is 23.5 Å². The molecule has 2 N–H and O–H groups in total. The van der Waals surface area contributed by atoms with Crippen molar-refractivity contribution < 1.29 is 14.6 Å². The van der Waals surface area contributed by atoms with E-state index < -0.39 is 17.3 Å². The minimum Gasteiger partial charge on any atom is -0.497 e. The predicted molar refractivity (Wildman–Crippen MR) is 113 cm³/mol. The molecule has 2 atom stereocenters. The zero-order valence-electron chi connectivity index (χ0n) is 15.2. The Morgan fingerprint density at radius 1 is 1.00 bits per heavy atom. The lowest BCUT2D eigenvalue weighted by Gasteiger charge is -2.19. The highest BCUT2D eigenvalue weighted by atomic mass is 32.2. The van der Waals surface area contributed by atoms with Gasteiger partial charge in [0.15, 0.2) is 0 Å². The number of thioether (sulfide) groups is 1. The second kappa shape index (κ2) is 8.31. The molecule has 0 aliphatic carbocycles. The van der Waals surface area contributed by atoms with Gasteiger partial charge in [-0.1, -0.05) is 42.1 Å². The lowest BCUT2D eigenvalue weighted by molar-refractivity contribution is -0.124. The normalized spacial score (nSPS) is 18.7. The number of methoxy groups -OCH3 is 1. The number of nitrogens with one attached hydrogen (secondary N) is 1. The quantitative estimate of drug-likeness (QED) is 0.636.